The van der Waals surface area contributed by atoms with Gasteiger partial charge in [-0.3, -0.25) is 4.90 Å². The van der Waals surface area contributed by atoms with Crippen molar-refractivity contribution in [2.75, 3.05) is 13.1 Å². The van der Waals surface area contributed by atoms with Gasteiger partial charge in [-0.1, -0.05) is 41.0 Å². The molecular weight excluding hydrogens is 256 g/mol. The van der Waals surface area contributed by atoms with Crippen LogP contribution in [0.5, 0.6) is 0 Å². The molecule has 2 heteroatoms. The van der Waals surface area contributed by atoms with Crippen molar-refractivity contribution in [2.45, 2.75) is 97.7 Å². The number of nitrogens with zero attached hydrogens (tertiary/aromatic N) is 1. The van der Waals surface area contributed by atoms with Crippen LogP contribution in [0.2, 0.25) is 0 Å². The van der Waals surface area contributed by atoms with Crippen molar-refractivity contribution >= 4 is 0 Å². The standard InChI is InChI=1S/C19H38N2/c1-6-16-14-21(17(7-2)13-20-16)18-10-8-9-15(11-12-18)19(3,4)5/h15-18,20H,6-14H2,1-5H3. The number of hydrogen-bond acceptors (Lipinski definition) is 2. The molecule has 1 saturated heterocycles. The van der Waals surface area contributed by atoms with E-state index in [0.29, 0.717) is 5.41 Å². The molecule has 0 spiro atoms. The smallest absolute Gasteiger partial charge is 0.0221 e. The molecule has 1 heterocycles. The van der Waals surface area contributed by atoms with E-state index in [0.717, 1.165) is 24.0 Å². The molecule has 4 unspecified atom stereocenters. The number of nitrogens with one attached hydrogen (secondary N) is 1. The van der Waals surface area contributed by atoms with Gasteiger partial charge in [0.2, 0.25) is 0 Å². The Labute approximate surface area is 133 Å². The summed E-state index contributed by atoms with van der Waals surface area (Å²) in [5.74, 6) is 0.924. The molecule has 0 aromatic rings. The first kappa shape index (κ1) is 17.3. The van der Waals surface area contributed by atoms with Crippen molar-refractivity contribution in [3.8, 4) is 0 Å². The fourth-order valence-electron chi connectivity index (χ4n) is 4.47. The minimum atomic E-state index is 0.494. The van der Waals surface area contributed by atoms with Crippen molar-refractivity contribution in [3.63, 3.8) is 0 Å². The highest BCUT2D eigenvalue weighted by Gasteiger charge is 2.34. The monoisotopic (exact) mass is 294 g/mol. The second-order valence-corrected chi connectivity index (χ2v) is 8.50. The summed E-state index contributed by atoms with van der Waals surface area (Å²) in [5, 5.41) is 3.75. The average Bonchev–Trinajstić information content (AvgIpc) is 2.72. The van der Waals surface area contributed by atoms with Crippen molar-refractivity contribution in [1.82, 2.24) is 10.2 Å². The summed E-state index contributed by atoms with van der Waals surface area (Å²) in [6, 6.07) is 2.33. The van der Waals surface area contributed by atoms with Gasteiger partial charge in [-0.05, 0) is 49.9 Å². The maximum Gasteiger partial charge on any atom is 0.0221 e. The minimum Gasteiger partial charge on any atom is -0.311 e. The summed E-state index contributed by atoms with van der Waals surface area (Å²) in [7, 11) is 0. The lowest BCUT2D eigenvalue weighted by molar-refractivity contribution is 0.0680. The number of hydrogen-bond donors (Lipinski definition) is 1. The first-order chi connectivity index (χ1) is 9.95. The lowest BCUT2D eigenvalue weighted by atomic mass is 9.76. The van der Waals surface area contributed by atoms with E-state index >= 15 is 0 Å². The van der Waals surface area contributed by atoms with Crippen LogP contribution in [0, 0.1) is 11.3 Å². The van der Waals surface area contributed by atoms with Gasteiger partial charge in [0.15, 0.2) is 0 Å². The zero-order chi connectivity index (χ0) is 15.5. The highest BCUT2D eigenvalue weighted by Crippen LogP contribution is 2.38. The lowest BCUT2D eigenvalue weighted by Crippen LogP contribution is -2.59. The molecule has 1 saturated carbocycles. The van der Waals surface area contributed by atoms with Crippen LogP contribution in [0.15, 0.2) is 0 Å². The molecule has 2 fully saturated rings. The summed E-state index contributed by atoms with van der Waals surface area (Å²) >= 11 is 0. The van der Waals surface area contributed by atoms with Crippen LogP contribution in [-0.2, 0) is 0 Å². The van der Waals surface area contributed by atoms with Gasteiger partial charge in [0.1, 0.15) is 0 Å². The highest BCUT2D eigenvalue weighted by atomic mass is 15.3. The van der Waals surface area contributed by atoms with Gasteiger partial charge in [-0.2, -0.15) is 0 Å². The fraction of sp³-hybridized carbons (Fsp3) is 1.00. The van der Waals surface area contributed by atoms with Crippen molar-refractivity contribution in [1.29, 1.82) is 0 Å². The van der Waals surface area contributed by atoms with Crippen molar-refractivity contribution < 1.29 is 0 Å². The Morgan fingerprint density at radius 3 is 2.38 bits per heavy atom. The summed E-state index contributed by atoms with van der Waals surface area (Å²) < 4.78 is 0. The third kappa shape index (κ3) is 4.45. The van der Waals surface area contributed by atoms with Crippen LogP contribution in [0.25, 0.3) is 0 Å². The van der Waals surface area contributed by atoms with Crippen LogP contribution >= 0.6 is 0 Å². The molecule has 0 amide bonds. The van der Waals surface area contributed by atoms with E-state index in [9.17, 15) is 0 Å². The van der Waals surface area contributed by atoms with Crippen molar-refractivity contribution in [3.05, 3.63) is 0 Å². The number of rotatable bonds is 3. The maximum absolute atomic E-state index is 3.75. The Hall–Kier alpha value is -0.0800. The van der Waals surface area contributed by atoms with E-state index in [1.807, 2.05) is 0 Å². The van der Waals surface area contributed by atoms with Crippen LogP contribution in [0.1, 0.15) is 79.6 Å². The molecule has 2 aliphatic rings. The highest BCUT2D eigenvalue weighted by molar-refractivity contribution is 4.91. The van der Waals surface area contributed by atoms with E-state index in [1.54, 1.807) is 0 Å². The maximum atomic E-state index is 3.75. The SMILES string of the molecule is CCC1CN(C2CCCC(C(C)(C)C)CC2)C(CC)CN1. The Morgan fingerprint density at radius 1 is 1.00 bits per heavy atom. The lowest BCUT2D eigenvalue weighted by Gasteiger charge is -2.44. The van der Waals surface area contributed by atoms with Gasteiger partial charge >= 0.3 is 0 Å². The number of piperazine rings is 1. The Morgan fingerprint density at radius 2 is 1.76 bits per heavy atom. The van der Waals surface area contributed by atoms with Gasteiger partial charge in [0.05, 0.1) is 0 Å². The zero-order valence-electron chi connectivity index (χ0n) is 15.1. The molecule has 4 atom stereocenters. The minimum absolute atomic E-state index is 0.494. The second kappa shape index (κ2) is 7.46. The first-order valence-electron chi connectivity index (χ1n) is 9.44. The summed E-state index contributed by atoms with van der Waals surface area (Å²) in [6.45, 7) is 14.5. The predicted octanol–water partition coefficient (Wildman–Crippen LogP) is 4.44. The van der Waals surface area contributed by atoms with Gasteiger partial charge < -0.3 is 5.32 Å². The topological polar surface area (TPSA) is 15.3 Å². The first-order valence-corrected chi connectivity index (χ1v) is 9.44. The third-order valence-electron chi connectivity index (χ3n) is 6.14. The molecule has 0 radical (unpaired) electrons. The fourth-order valence-corrected chi connectivity index (χ4v) is 4.47. The van der Waals surface area contributed by atoms with E-state index in [4.69, 9.17) is 0 Å². The molecule has 21 heavy (non-hydrogen) atoms. The molecule has 2 rings (SSSR count). The van der Waals surface area contributed by atoms with E-state index < -0.39 is 0 Å². The molecule has 1 aliphatic heterocycles. The van der Waals surface area contributed by atoms with E-state index in [1.165, 1.54) is 58.0 Å². The summed E-state index contributed by atoms with van der Waals surface area (Å²) in [6.07, 6.45) is 9.73. The van der Waals surface area contributed by atoms with Gasteiger partial charge in [0.25, 0.3) is 0 Å². The quantitative estimate of drug-likeness (QED) is 0.774. The predicted molar refractivity (Wildman–Crippen MR) is 92.7 cm³/mol. The molecular formula is C19H38N2. The average molecular weight is 295 g/mol. The van der Waals surface area contributed by atoms with Crippen LogP contribution in [-0.4, -0.2) is 36.1 Å². The van der Waals surface area contributed by atoms with Gasteiger partial charge in [-0.15, -0.1) is 0 Å². The molecule has 0 bridgehead atoms. The van der Waals surface area contributed by atoms with Gasteiger partial charge in [-0.25, -0.2) is 0 Å². The molecule has 2 nitrogen and oxygen atoms in total. The van der Waals surface area contributed by atoms with Gasteiger partial charge in [0, 0.05) is 31.2 Å². The van der Waals surface area contributed by atoms with Crippen LogP contribution in [0.4, 0.5) is 0 Å². The summed E-state index contributed by atoms with van der Waals surface area (Å²) in [4.78, 5) is 2.88. The van der Waals surface area contributed by atoms with E-state index in [2.05, 4.69) is 44.8 Å². The molecule has 0 aromatic carbocycles. The Kier molecular flexibility index (Phi) is 6.14. The molecule has 1 aliphatic carbocycles. The van der Waals surface area contributed by atoms with Crippen molar-refractivity contribution in [2.24, 2.45) is 11.3 Å². The van der Waals surface area contributed by atoms with Crippen LogP contribution < -0.4 is 5.32 Å². The summed E-state index contributed by atoms with van der Waals surface area (Å²) in [5.41, 5.74) is 0.494. The van der Waals surface area contributed by atoms with Crippen LogP contribution in [0.3, 0.4) is 0 Å². The molecule has 1 N–H and O–H groups in total. The second-order valence-electron chi connectivity index (χ2n) is 8.50. The molecule has 124 valence electrons. The molecule has 0 aromatic heterocycles. The van der Waals surface area contributed by atoms with E-state index in [-0.39, 0.29) is 0 Å². The Balaban J connectivity index is 1.99. The zero-order valence-corrected chi connectivity index (χ0v) is 15.1. The largest absolute Gasteiger partial charge is 0.311 e. The normalized spacial score (nSPS) is 36.4. The third-order valence-corrected chi connectivity index (χ3v) is 6.14. The Bertz CT molecular complexity index is 307.